The average Bonchev–Trinajstić information content (AvgIpc) is 2.64. The summed E-state index contributed by atoms with van der Waals surface area (Å²) in [4.78, 5) is 0. The van der Waals surface area contributed by atoms with Crippen LogP contribution >= 0.6 is 0 Å². The van der Waals surface area contributed by atoms with Crippen molar-refractivity contribution in [2.45, 2.75) is 51.2 Å². The lowest BCUT2D eigenvalue weighted by molar-refractivity contribution is -0.206. The molecule has 0 radical (unpaired) electrons. The topological polar surface area (TPSA) is 18.5 Å². The molecule has 4 heteroatoms. The van der Waals surface area contributed by atoms with E-state index in [1.165, 1.54) is 38.2 Å². The molecule has 3 rings (SSSR count). The molecule has 0 bridgehead atoms. The molecule has 1 aliphatic heterocycles. The lowest BCUT2D eigenvalue weighted by Crippen LogP contribution is -2.28. The average molecular weight is 350 g/mol. The van der Waals surface area contributed by atoms with Gasteiger partial charge >= 0.3 is 0 Å². The highest BCUT2D eigenvalue weighted by atomic mass is 19.2. The molecule has 0 spiro atoms. The highest BCUT2D eigenvalue weighted by molar-refractivity contribution is 5.19. The first-order chi connectivity index (χ1) is 12.2. The molecule has 1 saturated heterocycles. The Balaban J connectivity index is 1.38. The third-order valence-corrected chi connectivity index (χ3v) is 5.63. The highest BCUT2D eigenvalue weighted by Crippen LogP contribution is 2.35. The summed E-state index contributed by atoms with van der Waals surface area (Å²) in [5, 5.41) is 0. The van der Waals surface area contributed by atoms with E-state index in [1.54, 1.807) is 0 Å². The molecular formula is C21H28F2O2. The molecule has 1 saturated carbocycles. The van der Waals surface area contributed by atoms with Gasteiger partial charge in [-0.05, 0) is 49.7 Å². The highest BCUT2D eigenvalue weighted by Gasteiger charge is 2.26. The third kappa shape index (κ3) is 5.11. The number of halogens is 2. The molecule has 0 aromatic heterocycles. The molecule has 2 nitrogen and oxygen atoms in total. The Morgan fingerprint density at radius 3 is 2.20 bits per heavy atom. The van der Waals surface area contributed by atoms with Gasteiger partial charge in [0.15, 0.2) is 17.9 Å². The van der Waals surface area contributed by atoms with Crippen LogP contribution in [-0.4, -0.2) is 13.2 Å². The van der Waals surface area contributed by atoms with E-state index < -0.39 is 17.9 Å². The van der Waals surface area contributed by atoms with Crippen molar-refractivity contribution in [1.29, 1.82) is 0 Å². The van der Waals surface area contributed by atoms with Crippen molar-refractivity contribution in [2.24, 2.45) is 17.8 Å². The number of hydrogen-bond acceptors (Lipinski definition) is 2. The summed E-state index contributed by atoms with van der Waals surface area (Å²) >= 11 is 0. The summed E-state index contributed by atoms with van der Waals surface area (Å²) < 4.78 is 37.8. The monoisotopic (exact) mass is 350 g/mol. The van der Waals surface area contributed by atoms with E-state index in [2.05, 4.69) is 6.58 Å². The van der Waals surface area contributed by atoms with E-state index in [0.717, 1.165) is 36.8 Å². The molecule has 1 aliphatic carbocycles. The fourth-order valence-electron chi connectivity index (χ4n) is 4.02. The normalized spacial score (nSPS) is 30.2. The van der Waals surface area contributed by atoms with Gasteiger partial charge in [-0.25, -0.2) is 8.78 Å². The second-order valence-electron chi connectivity index (χ2n) is 7.53. The fraction of sp³-hybridized carbons (Fsp3) is 0.619. The smallest absolute Gasteiger partial charge is 0.183 e. The number of benzene rings is 1. The van der Waals surface area contributed by atoms with Crippen molar-refractivity contribution >= 4 is 0 Å². The van der Waals surface area contributed by atoms with E-state index in [0.29, 0.717) is 24.7 Å². The standard InChI is InChI=1S/C21H28F2O2/c1-2-3-15-4-6-16(7-5-15)8-9-17-13-24-21(25-14-17)18-10-11-19(22)20(23)12-18/h2,10-12,15-17,21H,1,3-9,13-14H2. The Kier molecular flexibility index (Phi) is 6.60. The molecule has 0 amide bonds. The van der Waals surface area contributed by atoms with Crippen molar-refractivity contribution in [2.75, 3.05) is 13.2 Å². The second-order valence-corrected chi connectivity index (χ2v) is 7.53. The van der Waals surface area contributed by atoms with Gasteiger partial charge in [0.1, 0.15) is 0 Å². The van der Waals surface area contributed by atoms with E-state index in [1.807, 2.05) is 6.08 Å². The zero-order chi connectivity index (χ0) is 17.6. The molecule has 1 aromatic carbocycles. The van der Waals surface area contributed by atoms with Gasteiger partial charge in [0, 0.05) is 11.5 Å². The summed E-state index contributed by atoms with van der Waals surface area (Å²) in [6, 6.07) is 3.79. The zero-order valence-corrected chi connectivity index (χ0v) is 14.8. The van der Waals surface area contributed by atoms with Crippen LogP contribution in [0.25, 0.3) is 0 Å². The summed E-state index contributed by atoms with van der Waals surface area (Å²) in [7, 11) is 0. The molecule has 1 aromatic rings. The van der Waals surface area contributed by atoms with Crippen molar-refractivity contribution < 1.29 is 18.3 Å². The van der Waals surface area contributed by atoms with Gasteiger partial charge in [-0.15, -0.1) is 6.58 Å². The minimum Gasteiger partial charge on any atom is -0.348 e. The predicted molar refractivity (Wildman–Crippen MR) is 94.0 cm³/mol. The maximum Gasteiger partial charge on any atom is 0.183 e. The Bertz CT molecular complexity index is 559. The van der Waals surface area contributed by atoms with Crippen LogP contribution in [0.2, 0.25) is 0 Å². The van der Waals surface area contributed by atoms with Crippen LogP contribution in [0.15, 0.2) is 30.9 Å². The van der Waals surface area contributed by atoms with Crippen molar-refractivity contribution in [3.63, 3.8) is 0 Å². The lowest BCUT2D eigenvalue weighted by atomic mass is 9.78. The molecule has 138 valence electrons. The minimum atomic E-state index is -0.862. The van der Waals surface area contributed by atoms with Crippen LogP contribution in [0.3, 0.4) is 0 Å². The molecule has 1 heterocycles. The van der Waals surface area contributed by atoms with Crippen LogP contribution in [0.5, 0.6) is 0 Å². The van der Waals surface area contributed by atoms with Gasteiger partial charge in [-0.3, -0.25) is 0 Å². The van der Waals surface area contributed by atoms with E-state index in [-0.39, 0.29) is 0 Å². The first-order valence-corrected chi connectivity index (χ1v) is 9.44. The molecule has 0 atom stereocenters. The number of ether oxygens (including phenoxy) is 2. The third-order valence-electron chi connectivity index (χ3n) is 5.63. The minimum absolute atomic E-state index is 0.396. The molecular weight excluding hydrogens is 322 g/mol. The first-order valence-electron chi connectivity index (χ1n) is 9.44. The zero-order valence-electron chi connectivity index (χ0n) is 14.8. The van der Waals surface area contributed by atoms with Crippen LogP contribution in [-0.2, 0) is 9.47 Å². The Labute approximate surface area is 149 Å². The summed E-state index contributed by atoms with van der Waals surface area (Å²) in [6.07, 6.45) is 10.3. The number of rotatable bonds is 6. The second kappa shape index (κ2) is 8.91. The van der Waals surface area contributed by atoms with Gasteiger partial charge in [-0.1, -0.05) is 31.4 Å². The van der Waals surface area contributed by atoms with E-state index in [4.69, 9.17) is 9.47 Å². The Morgan fingerprint density at radius 1 is 0.920 bits per heavy atom. The largest absolute Gasteiger partial charge is 0.348 e. The summed E-state index contributed by atoms with van der Waals surface area (Å²) in [5.74, 6) is 0.350. The molecule has 2 fully saturated rings. The van der Waals surface area contributed by atoms with Crippen LogP contribution < -0.4 is 0 Å². The summed E-state index contributed by atoms with van der Waals surface area (Å²) in [5.41, 5.74) is 0.540. The quantitative estimate of drug-likeness (QED) is 0.605. The Morgan fingerprint density at radius 2 is 1.56 bits per heavy atom. The SMILES string of the molecule is C=CCC1CCC(CCC2COC(c3ccc(F)c(F)c3)OC2)CC1. The van der Waals surface area contributed by atoms with E-state index >= 15 is 0 Å². The van der Waals surface area contributed by atoms with Crippen LogP contribution in [0.1, 0.15) is 56.8 Å². The number of allylic oxidation sites excluding steroid dienone is 1. The van der Waals surface area contributed by atoms with Crippen LogP contribution in [0.4, 0.5) is 8.78 Å². The van der Waals surface area contributed by atoms with Gasteiger partial charge in [0.2, 0.25) is 0 Å². The fourth-order valence-corrected chi connectivity index (χ4v) is 4.02. The van der Waals surface area contributed by atoms with Crippen molar-refractivity contribution in [3.05, 3.63) is 48.1 Å². The maximum absolute atomic E-state index is 13.3. The molecule has 2 aliphatic rings. The number of hydrogen-bond donors (Lipinski definition) is 0. The van der Waals surface area contributed by atoms with Crippen molar-refractivity contribution in [3.8, 4) is 0 Å². The lowest BCUT2D eigenvalue weighted by Gasteiger charge is -2.32. The first kappa shape index (κ1) is 18.5. The summed E-state index contributed by atoms with van der Waals surface area (Å²) in [6.45, 7) is 5.08. The van der Waals surface area contributed by atoms with Gasteiger partial charge in [0.25, 0.3) is 0 Å². The molecule has 0 N–H and O–H groups in total. The maximum atomic E-state index is 13.3. The van der Waals surface area contributed by atoms with Gasteiger partial charge in [0.05, 0.1) is 13.2 Å². The van der Waals surface area contributed by atoms with Crippen molar-refractivity contribution in [1.82, 2.24) is 0 Å². The molecule has 0 unspecified atom stereocenters. The predicted octanol–water partition coefficient (Wildman–Crippen LogP) is 5.79. The molecule has 25 heavy (non-hydrogen) atoms. The van der Waals surface area contributed by atoms with Gasteiger partial charge in [-0.2, -0.15) is 0 Å². The van der Waals surface area contributed by atoms with Crippen LogP contribution in [0, 0.1) is 29.4 Å². The van der Waals surface area contributed by atoms with Gasteiger partial charge < -0.3 is 9.47 Å². The van der Waals surface area contributed by atoms with E-state index in [9.17, 15) is 8.78 Å². The Hall–Kier alpha value is -1.26.